The van der Waals surface area contributed by atoms with Crippen molar-refractivity contribution in [2.75, 3.05) is 13.2 Å². The van der Waals surface area contributed by atoms with Gasteiger partial charge in [0.25, 0.3) is 0 Å². The van der Waals surface area contributed by atoms with Crippen LogP contribution in [0.15, 0.2) is 24.3 Å². The van der Waals surface area contributed by atoms with E-state index in [4.69, 9.17) is 15.6 Å². The number of ether oxygens (including phenoxy) is 1. The molecule has 0 spiro atoms. The van der Waals surface area contributed by atoms with Gasteiger partial charge in [-0.05, 0) is 37.9 Å². The summed E-state index contributed by atoms with van der Waals surface area (Å²) in [4.78, 5) is 0. The molecule has 0 fully saturated rings. The number of aromatic hydroxyl groups is 1. The van der Waals surface area contributed by atoms with Gasteiger partial charge in [0.2, 0.25) is 0 Å². The molecule has 78 valence electrons. The van der Waals surface area contributed by atoms with Crippen molar-refractivity contribution in [3.8, 4) is 11.5 Å². The number of phenolic OH excluding ortho intramolecular Hbond substituents is 1. The lowest BCUT2D eigenvalue weighted by atomic mass is 10.2. The van der Waals surface area contributed by atoms with Crippen LogP contribution in [0.5, 0.6) is 11.5 Å². The van der Waals surface area contributed by atoms with Crippen molar-refractivity contribution >= 4 is 0 Å². The van der Waals surface area contributed by atoms with Gasteiger partial charge >= 0.3 is 0 Å². The van der Waals surface area contributed by atoms with E-state index in [2.05, 4.69) is 0 Å². The molecule has 1 rings (SSSR count). The summed E-state index contributed by atoms with van der Waals surface area (Å²) in [6, 6.07) is 6.84. The number of phenols is 1. The molecule has 1 aromatic carbocycles. The quantitative estimate of drug-likeness (QED) is 0.682. The average molecular weight is 195 g/mol. The summed E-state index contributed by atoms with van der Waals surface area (Å²) in [5.74, 6) is 0.960. The molecule has 0 aromatic heterocycles. The van der Waals surface area contributed by atoms with Gasteiger partial charge in [0.05, 0.1) is 6.61 Å². The van der Waals surface area contributed by atoms with E-state index < -0.39 is 0 Å². The number of rotatable bonds is 6. The largest absolute Gasteiger partial charge is 0.508 e. The van der Waals surface area contributed by atoms with Crippen LogP contribution in [0.1, 0.15) is 19.3 Å². The molecule has 1 aromatic rings. The first-order valence-electron chi connectivity index (χ1n) is 4.95. The van der Waals surface area contributed by atoms with E-state index in [0.29, 0.717) is 6.61 Å². The maximum Gasteiger partial charge on any atom is 0.122 e. The van der Waals surface area contributed by atoms with Crippen molar-refractivity contribution in [1.29, 1.82) is 0 Å². The lowest BCUT2D eigenvalue weighted by Gasteiger charge is -2.05. The van der Waals surface area contributed by atoms with Gasteiger partial charge in [0, 0.05) is 6.07 Å². The standard InChI is InChI=1S/C11H17NO2/c12-7-2-1-3-8-14-11-6-4-5-10(13)9-11/h4-6,9,13H,1-3,7-8,12H2. The molecule has 0 saturated heterocycles. The third-order valence-corrected chi connectivity index (χ3v) is 1.93. The molecule has 3 N–H and O–H groups in total. The fraction of sp³-hybridized carbons (Fsp3) is 0.455. The zero-order chi connectivity index (χ0) is 10.2. The van der Waals surface area contributed by atoms with Crippen LogP contribution in [-0.4, -0.2) is 18.3 Å². The van der Waals surface area contributed by atoms with E-state index in [1.807, 2.05) is 6.07 Å². The molecule has 0 atom stereocenters. The van der Waals surface area contributed by atoms with Crippen LogP contribution in [-0.2, 0) is 0 Å². The molecule has 0 amide bonds. The summed E-state index contributed by atoms with van der Waals surface area (Å²) in [6.45, 7) is 1.43. The molecule has 0 aliphatic carbocycles. The molecular weight excluding hydrogens is 178 g/mol. The fourth-order valence-electron chi connectivity index (χ4n) is 1.19. The Kier molecular flexibility index (Phi) is 4.86. The van der Waals surface area contributed by atoms with E-state index in [0.717, 1.165) is 31.6 Å². The Morgan fingerprint density at radius 3 is 2.79 bits per heavy atom. The SMILES string of the molecule is NCCCCCOc1cccc(O)c1. The Labute approximate surface area is 84.5 Å². The second kappa shape index (κ2) is 6.27. The highest BCUT2D eigenvalue weighted by Crippen LogP contribution is 2.17. The number of nitrogens with two attached hydrogens (primary N) is 1. The van der Waals surface area contributed by atoms with Crippen LogP contribution in [0, 0.1) is 0 Å². The lowest BCUT2D eigenvalue weighted by molar-refractivity contribution is 0.304. The van der Waals surface area contributed by atoms with Gasteiger partial charge in [-0.25, -0.2) is 0 Å². The monoisotopic (exact) mass is 195 g/mol. The van der Waals surface area contributed by atoms with E-state index in [1.54, 1.807) is 18.2 Å². The van der Waals surface area contributed by atoms with Crippen molar-refractivity contribution in [2.24, 2.45) is 5.73 Å². The lowest BCUT2D eigenvalue weighted by Crippen LogP contribution is -2.01. The minimum atomic E-state index is 0.240. The van der Waals surface area contributed by atoms with Gasteiger partial charge in [-0.15, -0.1) is 0 Å². The van der Waals surface area contributed by atoms with Gasteiger partial charge in [0.1, 0.15) is 11.5 Å². The highest BCUT2D eigenvalue weighted by Gasteiger charge is 1.94. The Morgan fingerprint density at radius 1 is 1.21 bits per heavy atom. The van der Waals surface area contributed by atoms with Crippen molar-refractivity contribution in [3.05, 3.63) is 24.3 Å². The predicted octanol–water partition coefficient (Wildman–Crippen LogP) is 1.90. The van der Waals surface area contributed by atoms with Gasteiger partial charge in [-0.1, -0.05) is 6.07 Å². The van der Waals surface area contributed by atoms with Crippen LogP contribution < -0.4 is 10.5 Å². The van der Waals surface area contributed by atoms with E-state index in [1.165, 1.54) is 0 Å². The number of hydrogen-bond acceptors (Lipinski definition) is 3. The molecule has 0 aliphatic heterocycles. The Bertz CT molecular complexity index is 263. The fourth-order valence-corrected chi connectivity index (χ4v) is 1.19. The highest BCUT2D eigenvalue weighted by atomic mass is 16.5. The minimum absolute atomic E-state index is 0.240. The summed E-state index contributed by atoms with van der Waals surface area (Å²) < 4.78 is 5.43. The minimum Gasteiger partial charge on any atom is -0.508 e. The van der Waals surface area contributed by atoms with Crippen molar-refractivity contribution in [2.45, 2.75) is 19.3 Å². The first-order chi connectivity index (χ1) is 6.83. The van der Waals surface area contributed by atoms with E-state index >= 15 is 0 Å². The predicted molar refractivity (Wildman–Crippen MR) is 56.5 cm³/mol. The molecule has 0 heterocycles. The van der Waals surface area contributed by atoms with E-state index in [-0.39, 0.29) is 5.75 Å². The summed E-state index contributed by atoms with van der Waals surface area (Å²) in [7, 11) is 0. The molecular formula is C11H17NO2. The first-order valence-corrected chi connectivity index (χ1v) is 4.95. The molecule has 0 aliphatic rings. The summed E-state index contributed by atoms with van der Waals surface area (Å²) in [5, 5.41) is 9.16. The van der Waals surface area contributed by atoms with Crippen molar-refractivity contribution < 1.29 is 9.84 Å². The highest BCUT2D eigenvalue weighted by molar-refractivity contribution is 5.31. The molecule has 0 unspecified atom stereocenters. The Balaban J connectivity index is 2.18. The Hall–Kier alpha value is -1.22. The Morgan fingerprint density at radius 2 is 2.07 bits per heavy atom. The van der Waals surface area contributed by atoms with Crippen LogP contribution >= 0.6 is 0 Å². The average Bonchev–Trinajstić information content (AvgIpc) is 2.18. The smallest absolute Gasteiger partial charge is 0.122 e. The topological polar surface area (TPSA) is 55.5 Å². The zero-order valence-corrected chi connectivity index (χ0v) is 8.28. The van der Waals surface area contributed by atoms with E-state index in [9.17, 15) is 0 Å². The van der Waals surface area contributed by atoms with Crippen LogP contribution in [0.3, 0.4) is 0 Å². The summed E-state index contributed by atoms with van der Waals surface area (Å²) >= 11 is 0. The zero-order valence-electron chi connectivity index (χ0n) is 8.28. The molecule has 14 heavy (non-hydrogen) atoms. The second-order valence-electron chi connectivity index (χ2n) is 3.20. The normalized spacial score (nSPS) is 10.1. The number of unbranched alkanes of at least 4 members (excludes halogenated alkanes) is 2. The molecule has 0 saturated carbocycles. The number of benzene rings is 1. The molecule has 3 nitrogen and oxygen atoms in total. The second-order valence-corrected chi connectivity index (χ2v) is 3.20. The maximum absolute atomic E-state index is 9.16. The van der Waals surface area contributed by atoms with Crippen LogP contribution in [0.25, 0.3) is 0 Å². The van der Waals surface area contributed by atoms with Crippen molar-refractivity contribution in [1.82, 2.24) is 0 Å². The third kappa shape index (κ3) is 4.14. The molecule has 0 radical (unpaired) electrons. The van der Waals surface area contributed by atoms with Gasteiger partial charge in [-0.3, -0.25) is 0 Å². The first kappa shape index (κ1) is 10.9. The maximum atomic E-state index is 9.16. The molecule has 3 heteroatoms. The van der Waals surface area contributed by atoms with Crippen LogP contribution in [0.2, 0.25) is 0 Å². The van der Waals surface area contributed by atoms with Gasteiger partial charge in [-0.2, -0.15) is 0 Å². The van der Waals surface area contributed by atoms with Crippen LogP contribution in [0.4, 0.5) is 0 Å². The van der Waals surface area contributed by atoms with Gasteiger partial charge < -0.3 is 15.6 Å². The third-order valence-electron chi connectivity index (χ3n) is 1.93. The number of hydrogen-bond donors (Lipinski definition) is 2. The summed E-state index contributed by atoms with van der Waals surface area (Å²) in [5.41, 5.74) is 5.37. The van der Waals surface area contributed by atoms with Crippen molar-refractivity contribution in [3.63, 3.8) is 0 Å². The summed E-state index contributed by atoms with van der Waals surface area (Å²) in [6.07, 6.45) is 3.14. The molecule has 0 bridgehead atoms. The van der Waals surface area contributed by atoms with Gasteiger partial charge in [0.15, 0.2) is 0 Å².